The summed E-state index contributed by atoms with van der Waals surface area (Å²) in [5.41, 5.74) is 5.19. The molecule has 0 saturated carbocycles. The number of piperazine rings is 1. The Labute approximate surface area is 240 Å². The van der Waals surface area contributed by atoms with Gasteiger partial charge in [0.2, 0.25) is 5.82 Å². The van der Waals surface area contributed by atoms with Crippen molar-refractivity contribution in [1.29, 1.82) is 0 Å². The zero-order valence-corrected chi connectivity index (χ0v) is 23.9. The lowest BCUT2D eigenvalue weighted by molar-refractivity contribution is 0.0295. The van der Waals surface area contributed by atoms with E-state index in [4.69, 9.17) is 4.84 Å². The van der Waals surface area contributed by atoms with E-state index < -0.39 is 5.97 Å². The van der Waals surface area contributed by atoms with Gasteiger partial charge in [0.1, 0.15) is 5.75 Å². The molecule has 0 radical (unpaired) electrons. The van der Waals surface area contributed by atoms with Gasteiger partial charge in [-0.05, 0) is 67.8 Å². The largest absolute Gasteiger partial charge is 0.508 e. The summed E-state index contributed by atoms with van der Waals surface area (Å²) >= 11 is 0. The standard InChI is InChI=1S/C32H36N6O3/c1-6-16-36-19-24(5)37(20-23(36)4)30(27-8-7-9-28(39)18-27)25-11-13-26(14-12-25)31-33-35-38(34-31)41-32(40)29-15-10-21(2)17-22(29)3/h6-15,17-18,23-24,30,39H,1,16,19-20H2,2-5H3/t23-,24+,30-/m1/s1. The summed E-state index contributed by atoms with van der Waals surface area (Å²) in [7, 11) is 0. The van der Waals surface area contributed by atoms with Crippen LogP contribution in [0.4, 0.5) is 0 Å². The molecule has 0 spiro atoms. The van der Waals surface area contributed by atoms with E-state index in [1.807, 2.05) is 56.3 Å². The number of carbonyl (C=O) groups excluding carboxylic acids is 1. The van der Waals surface area contributed by atoms with Crippen molar-refractivity contribution >= 4 is 5.97 Å². The van der Waals surface area contributed by atoms with Gasteiger partial charge in [-0.15, -0.1) is 11.7 Å². The number of nitrogens with zero attached hydrogens (tertiary/aromatic N) is 6. The molecule has 3 atom stereocenters. The van der Waals surface area contributed by atoms with Crippen LogP contribution in [0.15, 0.2) is 79.4 Å². The van der Waals surface area contributed by atoms with Crippen LogP contribution in [0.2, 0.25) is 0 Å². The van der Waals surface area contributed by atoms with Crippen molar-refractivity contribution in [2.75, 3.05) is 19.6 Å². The smallest absolute Gasteiger partial charge is 0.367 e. The molecule has 4 aromatic rings. The monoisotopic (exact) mass is 552 g/mol. The number of carbonyl (C=O) groups is 1. The van der Waals surface area contributed by atoms with Gasteiger partial charge in [-0.1, -0.05) is 65.3 Å². The number of aromatic hydroxyl groups is 1. The normalized spacial score (nSPS) is 18.6. The third kappa shape index (κ3) is 6.21. The van der Waals surface area contributed by atoms with E-state index in [9.17, 15) is 9.90 Å². The predicted molar refractivity (Wildman–Crippen MR) is 157 cm³/mol. The maximum Gasteiger partial charge on any atom is 0.367 e. The fourth-order valence-corrected chi connectivity index (χ4v) is 5.61. The molecule has 0 amide bonds. The second kappa shape index (κ2) is 12.0. The molecular formula is C32H36N6O3. The number of phenolic OH excluding ortho intramolecular Hbond substituents is 1. The topological polar surface area (TPSA) is 96.6 Å². The molecule has 0 aliphatic carbocycles. The molecule has 1 saturated heterocycles. The van der Waals surface area contributed by atoms with E-state index >= 15 is 0 Å². The van der Waals surface area contributed by atoms with E-state index in [1.165, 1.54) is 0 Å². The SMILES string of the molecule is C=CCN1C[C@H](C)N([C@H](c2ccc(-c3nnn(OC(=O)c4ccc(C)cc4C)n3)cc2)c2cccc(O)c2)C[C@H]1C. The molecule has 41 heavy (non-hydrogen) atoms. The molecule has 0 unspecified atom stereocenters. The van der Waals surface area contributed by atoms with E-state index in [0.717, 1.165) is 52.4 Å². The Balaban J connectivity index is 1.38. The minimum absolute atomic E-state index is 0.0539. The highest BCUT2D eigenvalue weighted by atomic mass is 16.7. The molecule has 9 nitrogen and oxygen atoms in total. The molecule has 2 heterocycles. The number of rotatable bonds is 8. The Morgan fingerprint density at radius 2 is 1.83 bits per heavy atom. The molecule has 5 rings (SSSR count). The first-order chi connectivity index (χ1) is 19.7. The van der Waals surface area contributed by atoms with Gasteiger partial charge in [-0.25, -0.2) is 4.79 Å². The molecule has 9 heteroatoms. The van der Waals surface area contributed by atoms with Gasteiger partial charge in [0.05, 0.1) is 11.6 Å². The van der Waals surface area contributed by atoms with Crippen molar-refractivity contribution in [3.05, 3.63) is 107 Å². The number of aromatic nitrogens is 4. The highest BCUT2D eigenvalue weighted by Crippen LogP contribution is 2.35. The first-order valence-electron chi connectivity index (χ1n) is 13.8. The number of phenols is 1. The Hall–Kier alpha value is -4.34. The van der Waals surface area contributed by atoms with E-state index in [0.29, 0.717) is 17.4 Å². The minimum atomic E-state index is -0.549. The first-order valence-corrected chi connectivity index (χ1v) is 13.8. The molecule has 1 N–H and O–H groups in total. The molecule has 0 bridgehead atoms. The van der Waals surface area contributed by atoms with Crippen molar-refractivity contribution in [2.24, 2.45) is 0 Å². The zero-order chi connectivity index (χ0) is 29.1. The lowest BCUT2D eigenvalue weighted by atomic mass is 9.92. The van der Waals surface area contributed by atoms with Crippen molar-refractivity contribution in [3.63, 3.8) is 0 Å². The molecule has 212 valence electrons. The number of aryl methyl sites for hydroxylation is 2. The van der Waals surface area contributed by atoms with Crippen molar-refractivity contribution in [1.82, 2.24) is 30.2 Å². The Bertz CT molecular complexity index is 1530. The quantitative estimate of drug-likeness (QED) is 0.250. The number of tetrazole rings is 1. The van der Waals surface area contributed by atoms with Crippen molar-refractivity contribution in [2.45, 2.75) is 45.8 Å². The molecule has 3 aromatic carbocycles. The second-order valence-electron chi connectivity index (χ2n) is 10.8. The van der Waals surface area contributed by atoms with Gasteiger partial charge in [-0.3, -0.25) is 14.6 Å². The van der Waals surface area contributed by atoms with Crippen LogP contribution in [0.1, 0.15) is 52.5 Å². The van der Waals surface area contributed by atoms with Crippen LogP contribution in [0.25, 0.3) is 11.4 Å². The first kappa shape index (κ1) is 28.2. The fourth-order valence-electron chi connectivity index (χ4n) is 5.61. The van der Waals surface area contributed by atoms with Gasteiger partial charge in [-0.2, -0.15) is 0 Å². The van der Waals surface area contributed by atoms with Crippen LogP contribution in [0, 0.1) is 13.8 Å². The van der Waals surface area contributed by atoms with Gasteiger partial charge in [0.25, 0.3) is 0 Å². The number of hydrogen-bond donors (Lipinski definition) is 1. The van der Waals surface area contributed by atoms with Crippen LogP contribution in [-0.4, -0.2) is 73.0 Å². The van der Waals surface area contributed by atoms with E-state index in [1.54, 1.807) is 12.1 Å². The van der Waals surface area contributed by atoms with Gasteiger partial charge < -0.3 is 5.11 Å². The lowest BCUT2D eigenvalue weighted by Crippen LogP contribution is -2.57. The Morgan fingerprint density at radius 3 is 2.54 bits per heavy atom. The average Bonchev–Trinajstić information content (AvgIpc) is 3.40. The third-order valence-corrected chi connectivity index (χ3v) is 7.69. The molecule has 1 aliphatic rings. The summed E-state index contributed by atoms with van der Waals surface area (Å²) in [6, 6.07) is 21.6. The molecular weight excluding hydrogens is 516 g/mol. The summed E-state index contributed by atoms with van der Waals surface area (Å²) in [5.74, 6) is 0.0394. The molecule has 1 aliphatic heterocycles. The molecule has 1 fully saturated rings. The van der Waals surface area contributed by atoms with Crippen molar-refractivity contribution in [3.8, 4) is 17.1 Å². The summed E-state index contributed by atoms with van der Waals surface area (Å²) in [6.45, 7) is 14.9. The summed E-state index contributed by atoms with van der Waals surface area (Å²) in [4.78, 5) is 23.8. The van der Waals surface area contributed by atoms with E-state index in [2.05, 4.69) is 63.8 Å². The fraction of sp³-hybridized carbons (Fsp3) is 0.312. The van der Waals surface area contributed by atoms with Crippen LogP contribution >= 0.6 is 0 Å². The van der Waals surface area contributed by atoms with E-state index in [-0.39, 0.29) is 17.8 Å². The molecule has 1 aromatic heterocycles. The summed E-state index contributed by atoms with van der Waals surface area (Å²) in [6.07, 6.45) is 1.96. The maximum absolute atomic E-state index is 12.6. The number of hydrogen-bond acceptors (Lipinski definition) is 8. The van der Waals surface area contributed by atoms with Crippen LogP contribution in [0.5, 0.6) is 5.75 Å². The highest BCUT2D eigenvalue weighted by Gasteiger charge is 2.34. The van der Waals surface area contributed by atoms with Crippen LogP contribution in [-0.2, 0) is 0 Å². The van der Waals surface area contributed by atoms with Gasteiger partial charge in [0.15, 0.2) is 0 Å². The Morgan fingerprint density at radius 1 is 1.05 bits per heavy atom. The third-order valence-electron chi connectivity index (χ3n) is 7.69. The summed E-state index contributed by atoms with van der Waals surface area (Å²) in [5, 5.41) is 22.6. The maximum atomic E-state index is 12.6. The minimum Gasteiger partial charge on any atom is -0.508 e. The summed E-state index contributed by atoms with van der Waals surface area (Å²) < 4.78 is 0. The number of benzene rings is 3. The van der Waals surface area contributed by atoms with Crippen LogP contribution in [0.3, 0.4) is 0 Å². The predicted octanol–water partition coefficient (Wildman–Crippen LogP) is 4.60. The Kier molecular flexibility index (Phi) is 8.28. The highest BCUT2D eigenvalue weighted by molar-refractivity contribution is 5.91. The van der Waals surface area contributed by atoms with Crippen LogP contribution < -0.4 is 4.84 Å². The van der Waals surface area contributed by atoms with Gasteiger partial charge >= 0.3 is 5.97 Å². The van der Waals surface area contributed by atoms with Crippen molar-refractivity contribution < 1.29 is 14.7 Å². The van der Waals surface area contributed by atoms with Gasteiger partial charge in [0, 0.05) is 42.2 Å². The zero-order valence-electron chi connectivity index (χ0n) is 23.9. The lowest BCUT2D eigenvalue weighted by Gasteiger charge is -2.47. The second-order valence-corrected chi connectivity index (χ2v) is 10.8. The average molecular weight is 553 g/mol.